The maximum Gasteiger partial charge on any atom is 0.282 e. The van der Waals surface area contributed by atoms with Gasteiger partial charge in [-0.2, -0.15) is 17.0 Å². The molecule has 5 nitrogen and oxygen atoms in total. The van der Waals surface area contributed by atoms with Crippen LogP contribution in [0.5, 0.6) is 0 Å². The number of hydrogen-bond acceptors (Lipinski definition) is 3. The number of nitrogens with zero attached hydrogens (tertiary/aromatic N) is 2. The molecule has 0 amide bonds. The van der Waals surface area contributed by atoms with Gasteiger partial charge in [0, 0.05) is 31.7 Å². The Labute approximate surface area is 106 Å². The summed E-state index contributed by atoms with van der Waals surface area (Å²) < 4.78 is 27.8. The van der Waals surface area contributed by atoms with Crippen molar-refractivity contribution in [1.29, 1.82) is 0 Å². The minimum atomic E-state index is -3.45. The number of nitrogens with two attached hydrogens (primary N) is 1. The van der Waals surface area contributed by atoms with Crippen LogP contribution >= 0.6 is 0 Å². The molecule has 0 aromatic carbocycles. The molecule has 104 valence electrons. The predicted molar refractivity (Wildman–Crippen MR) is 71.9 cm³/mol. The highest BCUT2D eigenvalue weighted by Gasteiger charge is 2.37. The molecule has 0 aliphatic carbocycles. The third-order valence-corrected chi connectivity index (χ3v) is 5.35. The van der Waals surface area contributed by atoms with Crippen LogP contribution in [-0.2, 0) is 10.2 Å². The Morgan fingerprint density at radius 1 is 1.29 bits per heavy atom. The van der Waals surface area contributed by atoms with Crippen LogP contribution in [0.4, 0.5) is 0 Å². The lowest BCUT2D eigenvalue weighted by atomic mass is 10.1. The summed E-state index contributed by atoms with van der Waals surface area (Å²) in [4.78, 5) is 0. The Morgan fingerprint density at radius 2 is 1.76 bits per heavy atom. The second-order valence-electron chi connectivity index (χ2n) is 5.21. The second-order valence-corrected chi connectivity index (χ2v) is 7.12. The quantitative estimate of drug-likeness (QED) is 0.747. The van der Waals surface area contributed by atoms with Crippen molar-refractivity contribution in [3.63, 3.8) is 0 Å². The van der Waals surface area contributed by atoms with Crippen molar-refractivity contribution >= 4 is 10.2 Å². The molecular weight excluding hydrogens is 238 g/mol. The zero-order valence-corrected chi connectivity index (χ0v) is 12.7. The zero-order chi connectivity index (χ0) is 13.9. The summed E-state index contributed by atoms with van der Waals surface area (Å²) in [6.07, 6.45) is 0.772. The molecule has 0 saturated carbocycles. The average Bonchev–Trinajstić information content (AvgIpc) is 2.24. The summed E-state index contributed by atoms with van der Waals surface area (Å²) in [7, 11) is -1.84. The zero-order valence-electron chi connectivity index (χ0n) is 11.9. The van der Waals surface area contributed by atoms with Crippen LogP contribution in [0.3, 0.4) is 0 Å². The van der Waals surface area contributed by atoms with E-state index in [1.807, 2.05) is 34.6 Å². The minimum absolute atomic E-state index is 0.0621. The number of rotatable bonds is 7. The van der Waals surface area contributed by atoms with E-state index in [9.17, 15) is 8.42 Å². The Bertz CT molecular complexity index is 326. The highest BCUT2D eigenvalue weighted by atomic mass is 32.2. The van der Waals surface area contributed by atoms with Gasteiger partial charge in [0.2, 0.25) is 0 Å². The normalized spacial score (nSPS) is 14.0. The van der Waals surface area contributed by atoms with E-state index >= 15 is 0 Å². The van der Waals surface area contributed by atoms with Crippen molar-refractivity contribution in [3.05, 3.63) is 0 Å². The van der Waals surface area contributed by atoms with E-state index in [1.54, 1.807) is 7.05 Å². The van der Waals surface area contributed by atoms with Gasteiger partial charge in [-0.25, -0.2) is 0 Å². The summed E-state index contributed by atoms with van der Waals surface area (Å²) in [5.41, 5.74) is 5.13. The maximum absolute atomic E-state index is 12.5. The van der Waals surface area contributed by atoms with Gasteiger partial charge in [0.05, 0.1) is 0 Å². The van der Waals surface area contributed by atoms with Gasteiger partial charge in [-0.05, 0) is 34.1 Å². The van der Waals surface area contributed by atoms with Gasteiger partial charge in [0.15, 0.2) is 0 Å². The highest BCUT2D eigenvalue weighted by Crippen LogP contribution is 2.21. The summed E-state index contributed by atoms with van der Waals surface area (Å²) in [5, 5.41) is 0. The van der Waals surface area contributed by atoms with Gasteiger partial charge in [0.25, 0.3) is 10.2 Å². The van der Waals surface area contributed by atoms with Gasteiger partial charge >= 0.3 is 0 Å². The van der Waals surface area contributed by atoms with Crippen LogP contribution in [-0.4, -0.2) is 48.7 Å². The van der Waals surface area contributed by atoms with Gasteiger partial charge < -0.3 is 5.73 Å². The average molecular weight is 265 g/mol. The molecule has 0 radical (unpaired) electrons. The molecule has 0 unspecified atom stereocenters. The summed E-state index contributed by atoms with van der Waals surface area (Å²) in [5.74, 6) is 0. The highest BCUT2D eigenvalue weighted by molar-refractivity contribution is 7.86. The molecule has 6 heteroatoms. The molecule has 0 aromatic heterocycles. The molecule has 0 aromatic rings. The second kappa shape index (κ2) is 6.13. The van der Waals surface area contributed by atoms with E-state index in [1.165, 1.54) is 8.61 Å². The minimum Gasteiger partial charge on any atom is -0.329 e. The van der Waals surface area contributed by atoms with E-state index in [0.717, 1.165) is 6.42 Å². The van der Waals surface area contributed by atoms with Gasteiger partial charge in [0.1, 0.15) is 0 Å². The molecule has 0 spiro atoms. The molecule has 0 saturated heterocycles. The van der Waals surface area contributed by atoms with Gasteiger partial charge in [-0.15, -0.1) is 0 Å². The fourth-order valence-corrected chi connectivity index (χ4v) is 3.41. The lowest BCUT2D eigenvalue weighted by Gasteiger charge is -2.39. The van der Waals surface area contributed by atoms with Crippen molar-refractivity contribution in [3.8, 4) is 0 Å². The monoisotopic (exact) mass is 265 g/mol. The number of hydrogen-bond donors (Lipinski definition) is 1. The van der Waals surface area contributed by atoms with Crippen LogP contribution in [0.15, 0.2) is 0 Å². The molecule has 0 atom stereocenters. The van der Waals surface area contributed by atoms with Crippen LogP contribution in [0, 0.1) is 0 Å². The first kappa shape index (κ1) is 16.8. The molecule has 0 aliphatic rings. The molecule has 0 fully saturated rings. The van der Waals surface area contributed by atoms with Crippen LogP contribution in [0.1, 0.15) is 41.0 Å². The molecule has 17 heavy (non-hydrogen) atoms. The van der Waals surface area contributed by atoms with Crippen molar-refractivity contribution in [2.75, 3.05) is 20.1 Å². The molecular formula is C11H27N3O2S. The Hall–Kier alpha value is -0.170. The summed E-state index contributed by atoms with van der Waals surface area (Å²) in [6.45, 7) is 10.2. The molecule has 0 aliphatic heterocycles. The first-order valence-corrected chi connectivity index (χ1v) is 7.46. The lowest BCUT2D eigenvalue weighted by Crippen LogP contribution is -2.57. The molecule has 2 N–H and O–H groups in total. The Balaban J connectivity index is 5.33. The fourth-order valence-electron chi connectivity index (χ4n) is 1.46. The van der Waals surface area contributed by atoms with E-state index in [2.05, 4.69) is 0 Å². The Kier molecular flexibility index (Phi) is 6.07. The maximum atomic E-state index is 12.5. The third kappa shape index (κ3) is 3.91. The van der Waals surface area contributed by atoms with Crippen molar-refractivity contribution in [2.45, 2.75) is 52.6 Å². The van der Waals surface area contributed by atoms with E-state index in [-0.39, 0.29) is 6.04 Å². The summed E-state index contributed by atoms with van der Waals surface area (Å²) >= 11 is 0. The smallest absolute Gasteiger partial charge is 0.282 e. The van der Waals surface area contributed by atoms with E-state index in [4.69, 9.17) is 5.73 Å². The van der Waals surface area contributed by atoms with Crippen molar-refractivity contribution < 1.29 is 8.42 Å². The fraction of sp³-hybridized carbons (Fsp3) is 1.00. The third-order valence-electron chi connectivity index (χ3n) is 2.97. The molecule has 0 bridgehead atoms. The van der Waals surface area contributed by atoms with Crippen LogP contribution < -0.4 is 5.73 Å². The topological polar surface area (TPSA) is 66.6 Å². The standard InChI is InChI=1S/C11H27N3O2S/c1-7-8-14(11(4,5)9-12)17(15,16)13(6)10(2)3/h10H,7-9,12H2,1-6H3. The van der Waals surface area contributed by atoms with E-state index < -0.39 is 15.7 Å². The first-order chi connectivity index (χ1) is 7.61. The van der Waals surface area contributed by atoms with Crippen molar-refractivity contribution in [1.82, 2.24) is 8.61 Å². The first-order valence-electron chi connectivity index (χ1n) is 6.07. The summed E-state index contributed by atoms with van der Waals surface area (Å²) in [6, 6.07) is -0.0621. The molecule has 0 heterocycles. The largest absolute Gasteiger partial charge is 0.329 e. The van der Waals surface area contributed by atoms with Crippen molar-refractivity contribution in [2.24, 2.45) is 5.73 Å². The predicted octanol–water partition coefficient (Wildman–Crippen LogP) is 1.02. The van der Waals surface area contributed by atoms with Crippen LogP contribution in [0.2, 0.25) is 0 Å². The van der Waals surface area contributed by atoms with Crippen LogP contribution in [0.25, 0.3) is 0 Å². The van der Waals surface area contributed by atoms with Gasteiger partial charge in [-0.3, -0.25) is 0 Å². The van der Waals surface area contributed by atoms with Gasteiger partial charge in [-0.1, -0.05) is 6.92 Å². The molecule has 0 rings (SSSR count). The SMILES string of the molecule is CCCN(C(C)(C)CN)S(=O)(=O)N(C)C(C)C. The van der Waals surface area contributed by atoms with E-state index in [0.29, 0.717) is 13.1 Å². The lowest BCUT2D eigenvalue weighted by molar-refractivity contribution is 0.214. The Morgan fingerprint density at radius 3 is 2.06 bits per heavy atom.